The molecule has 0 aromatic heterocycles. The van der Waals surface area contributed by atoms with E-state index in [0.29, 0.717) is 25.3 Å². The van der Waals surface area contributed by atoms with Crippen molar-refractivity contribution in [3.8, 4) is 11.1 Å². The predicted molar refractivity (Wildman–Crippen MR) is 122 cm³/mol. The molecule has 0 atom stereocenters. The van der Waals surface area contributed by atoms with Gasteiger partial charge in [0.05, 0.1) is 0 Å². The van der Waals surface area contributed by atoms with Gasteiger partial charge in [-0.25, -0.2) is 4.79 Å². The number of nitrogens with one attached hydrogen (secondary N) is 1. The van der Waals surface area contributed by atoms with Gasteiger partial charge in [0, 0.05) is 24.4 Å². The lowest BCUT2D eigenvalue weighted by Crippen LogP contribution is -2.51. The van der Waals surface area contributed by atoms with Crippen LogP contribution in [0.15, 0.2) is 48.5 Å². The summed E-state index contributed by atoms with van der Waals surface area (Å²) in [5, 5.41) is 12.0. The fourth-order valence-electron chi connectivity index (χ4n) is 5.01. The van der Waals surface area contributed by atoms with Crippen molar-refractivity contribution in [2.75, 3.05) is 19.7 Å². The molecule has 5 rings (SSSR count). The average Bonchev–Trinajstić information content (AvgIpc) is 3.54. The molecule has 0 spiro atoms. The Kier molecular flexibility index (Phi) is 5.79. The Morgan fingerprint density at radius 1 is 0.970 bits per heavy atom. The smallest absolute Gasteiger partial charge is 0.407 e. The number of alkyl carbamates (subject to hydrolysis) is 1. The van der Waals surface area contributed by atoms with E-state index in [1.807, 2.05) is 24.3 Å². The number of aliphatic carboxylic acids is 1. The molecule has 0 heterocycles. The lowest BCUT2D eigenvalue weighted by molar-refractivity contribution is -0.148. The van der Waals surface area contributed by atoms with E-state index in [4.69, 9.17) is 9.84 Å². The van der Waals surface area contributed by atoms with Gasteiger partial charge in [-0.15, -0.1) is 0 Å². The molecule has 2 amide bonds. The predicted octanol–water partition coefficient (Wildman–Crippen LogP) is 3.63. The lowest BCUT2D eigenvalue weighted by Gasteiger charge is -2.37. The molecule has 2 N–H and O–H groups in total. The normalized spacial score (nSPS) is 20.8. The molecule has 0 bridgehead atoms. The third-order valence-corrected chi connectivity index (χ3v) is 6.97. The topological polar surface area (TPSA) is 95.9 Å². The van der Waals surface area contributed by atoms with Crippen LogP contribution in [0.3, 0.4) is 0 Å². The Balaban J connectivity index is 1.12. The van der Waals surface area contributed by atoms with E-state index in [0.717, 1.165) is 24.0 Å². The van der Waals surface area contributed by atoms with Gasteiger partial charge in [-0.2, -0.15) is 0 Å². The van der Waals surface area contributed by atoms with E-state index in [9.17, 15) is 14.4 Å². The highest BCUT2D eigenvalue weighted by Crippen LogP contribution is 2.44. The van der Waals surface area contributed by atoms with E-state index in [-0.39, 0.29) is 36.9 Å². The maximum atomic E-state index is 12.7. The molecule has 2 aromatic rings. The standard InChI is InChI=1S/C26H28N2O5/c29-24(30)14-28(13-16-9-10-16)25(31)17-11-18(12-17)27-26(32)33-15-23-21-7-3-1-5-19(21)20-6-2-4-8-22(20)23/h1-8,16-18,23H,9-15H2,(H,27,32)(H,29,30). The van der Waals surface area contributed by atoms with Crippen molar-refractivity contribution in [1.82, 2.24) is 10.2 Å². The molecule has 3 aliphatic rings. The van der Waals surface area contributed by atoms with Crippen LogP contribution in [-0.4, -0.2) is 53.7 Å². The first-order valence-corrected chi connectivity index (χ1v) is 11.6. The fraction of sp³-hybridized carbons (Fsp3) is 0.423. The zero-order chi connectivity index (χ0) is 22.9. The van der Waals surface area contributed by atoms with Crippen LogP contribution in [0.1, 0.15) is 42.7 Å². The van der Waals surface area contributed by atoms with E-state index >= 15 is 0 Å². The number of carbonyl (C=O) groups excluding carboxylic acids is 2. The van der Waals surface area contributed by atoms with E-state index in [1.54, 1.807) is 0 Å². The summed E-state index contributed by atoms with van der Waals surface area (Å²) in [5.74, 6) is -0.900. The minimum absolute atomic E-state index is 0.00543. The van der Waals surface area contributed by atoms with Crippen molar-refractivity contribution in [2.45, 2.75) is 37.6 Å². The summed E-state index contributed by atoms with van der Waals surface area (Å²) in [6, 6.07) is 16.3. The van der Waals surface area contributed by atoms with Gasteiger partial charge in [0.25, 0.3) is 0 Å². The molecule has 2 fully saturated rings. The Bertz CT molecular complexity index is 1030. The van der Waals surface area contributed by atoms with Crippen LogP contribution in [0.4, 0.5) is 4.79 Å². The summed E-state index contributed by atoms with van der Waals surface area (Å²) in [5.41, 5.74) is 4.68. The highest BCUT2D eigenvalue weighted by atomic mass is 16.5. The average molecular weight is 449 g/mol. The number of fused-ring (bicyclic) bond motifs is 3. The van der Waals surface area contributed by atoms with Crippen LogP contribution in [-0.2, 0) is 14.3 Å². The highest BCUT2D eigenvalue weighted by molar-refractivity contribution is 5.84. The first-order valence-electron chi connectivity index (χ1n) is 11.6. The lowest BCUT2D eigenvalue weighted by atomic mass is 9.79. The summed E-state index contributed by atoms with van der Waals surface area (Å²) in [6.45, 7) is 0.519. The highest BCUT2D eigenvalue weighted by Gasteiger charge is 2.40. The Hall–Kier alpha value is -3.35. The number of ether oxygens (including phenoxy) is 1. The molecule has 7 heteroatoms. The van der Waals surface area contributed by atoms with Gasteiger partial charge in [0.15, 0.2) is 0 Å². The number of carbonyl (C=O) groups is 3. The van der Waals surface area contributed by atoms with Crippen molar-refractivity contribution in [3.05, 3.63) is 59.7 Å². The molecule has 2 aromatic carbocycles. The Labute approximate surface area is 192 Å². The maximum Gasteiger partial charge on any atom is 0.407 e. The van der Waals surface area contributed by atoms with E-state index in [1.165, 1.54) is 16.0 Å². The number of hydrogen-bond donors (Lipinski definition) is 2. The second-order valence-corrected chi connectivity index (χ2v) is 9.39. The number of hydrogen-bond acceptors (Lipinski definition) is 4. The van der Waals surface area contributed by atoms with Crippen LogP contribution in [0, 0.1) is 11.8 Å². The number of carboxylic acids is 1. The van der Waals surface area contributed by atoms with Crippen molar-refractivity contribution in [2.24, 2.45) is 11.8 Å². The quantitative estimate of drug-likeness (QED) is 0.643. The molecule has 3 aliphatic carbocycles. The van der Waals surface area contributed by atoms with Crippen LogP contribution in [0.5, 0.6) is 0 Å². The largest absolute Gasteiger partial charge is 0.480 e. The first kappa shape index (κ1) is 21.5. The molecular formula is C26H28N2O5. The van der Waals surface area contributed by atoms with Crippen LogP contribution in [0.2, 0.25) is 0 Å². The minimum atomic E-state index is -0.989. The van der Waals surface area contributed by atoms with Gasteiger partial charge < -0.3 is 20.1 Å². The Morgan fingerprint density at radius 3 is 2.15 bits per heavy atom. The second kappa shape index (κ2) is 8.89. The monoisotopic (exact) mass is 448 g/mol. The second-order valence-electron chi connectivity index (χ2n) is 9.39. The zero-order valence-electron chi connectivity index (χ0n) is 18.4. The number of benzene rings is 2. The molecule has 0 unspecified atom stereocenters. The minimum Gasteiger partial charge on any atom is -0.480 e. The third kappa shape index (κ3) is 4.58. The van der Waals surface area contributed by atoms with Gasteiger partial charge in [0.2, 0.25) is 5.91 Å². The van der Waals surface area contributed by atoms with Crippen LogP contribution >= 0.6 is 0 Å². The molecule has 7 nitrogen and oxygen atoms in total. The molecule has 0 radical (unpaired) electrons. The number of carboxylic acid groups (broad SMARTS) is 1. The number of amides is 2. The maximum absolute atomic E-state index is 12.7. The fourth-order valence-corrected chi connectivity index (χ4v) is 5.01. The van der Waals surface area contributed by atoms with Crippen molar-refractivity contribution in [1.29, 1.82) is 0 Å². The van der Waals surface area contributed by atoms with Gasteiger partial charge in [-0.05, 0) is 53.9 Å². The summed E-state index contributed by atoms with van der Waals surface area (Å²) >= 11 is 0. The van der Waals surface area contributed by atoms with Crippen LogP contribution < -0.4 is 5.32 Å². The van der Waals surface area contributed by atoms with Crippen molar-refractivity contribution in [3.63, 3.8) is 0 Å². The molecule has 0 aliphatic heterocycles. The zero-order valence-corrected chi connectivity index (χ0v) is 18.4. The van der Waals surface area contributed by atoms with Gasteiger partial charge in [-0.3, -0.25) is 9.59 Å². The molecule has 172 valence electrons. The van der Waals surface area contributed by atoms with Gasteiger partial charge >= 0.3 is 12.1 Å². The number of nitrogens with zero attached hydrogens (tertiary/aromatic N) is 1. The van der Waals surface area contributed by atoms with E-state index in [2.05, 4.69) is 29.6 Å². The van der Waals surface area contributed by atoms with Crippen molar-refractivity contribution < 1.29 is 24.2 Å². The number of rotatable bonds is 8. The van der Waals surface area contributed by atoms with Crippen molar-refractivity contribution >= 4 is 18.0 Å². The van der Waals surface area contributed by atoms with E-state index < -0.39 is 12.1 Å². The summed E-state index contributed by atoms with van der Waals surface area (Å²) in [4.78, 5) is 37.7. The van der Waals surface area contributed by atoms with Gasteiger partial charge in [0.1, 0.15) is 13.2 Å². The molecule has 2 saturated carbocycles. The molecular weight excluding hydrogens is 420 g/mol. The summed E-state index contributed by atoms with van der Waals surface area (Å²) < 4.78 is 5.58. The summed E-state index contributed by atoms with van der Waals surface area (Å²) in [7, 11) is 0. The molecule has 0 saturated heterocycles. The van der Waals surface area contributed by atoms with Gasteiger partial charge in [-0.1, -0.05) is 48.5 Å². The Morgan fingerprint density at radius 2 is 1.58 bits per heavy atom. The SMILES string of the molecule is O=C(O)CN(CC1CC1)C(=O)C1CC(NC(=O)OCC2c3ccccc3-c3ccccc32)C1. The summed E-state index contributed by atoms with van der Waals surface area (Å²) in [6.07, 6.45) is 2.67. The first-order chi connectivity index (χ1) is 16.0. The molecule has 33 heavy (non-hydrogen) atoms. The third-order valence-electron chi connectivity index (χ3n) is 6.97. The van der Waals surface area contributed by atoms with Crippen LogP contribution in [0.25, 0.3) is 11.1 Å².